The average Bonchev–Trinajstić information content (AvgIpc) is 3.11. The number of nitrogens with zero attached hydrogens (tertiary/aromatic N) is 1. The van der Waals surface area contributed by atoms with Crippen molar-refractivity contribution >= 4 is 11.4 Å². The third-order valence-electron chi connectivity index (χ3n) is 8.10. The molecule has 1 aliphatic rings. The van der Waals surface area contributed by atoms with E-state index in [1.807, 2.05) is 24.3 Å². The number of fused-ring (bicyclic) bond motifs is 2. The van der Waals surface area contributed by atoms with Crippen LogP contribution in [0.4, 0.5) is 11.4 Å². The minimum Gasteiger partial charge on any atom is -0.491 e. The molecule has 4 aromatic rings. The Hall–Kier alpha value is -4.32. The van der Waals surface area contributed by atoms with Crippen molar-refractivity contribution in [2.24, 2.45) is 0 Å². The first-order valence-electron chi connectivity index (χ1n) is 15.8. The lowest BCUT2D eigenvalue weighted by Gasteiger charge is -2.43. The van der Waals surface area contributed by atoms with Gasteiger partial charge in [0.25, 0.3) is 0 Å². The zero-order valence-corrected chi connectivity index (χ0v) is 26.8. The lowest BCUT2D eigenvalue weighted by molar-refractivity contribution is 0.00903. The molecule has 7 heteroatoms. The third kappa shape index (κ3) is 7.90. The fourth-order valence-electron chi connectivity index (χ4n) is 5.85. The quantitative estimate of drug-likeness (QED) is 0.0897. The minimum absolute atomic E-state index is 0.285. The number of hydrogen-bond donors (Lipinski definition) is 0. The van der Waals surface area contributed by atoms with Crippen molar-refractivity contribution in [2.45, 2.75) is 18.4 Å². The van der Waals surface area contributed by atoms with Crippen LogP contribution in [0.5, 0.6) is 11.5 Å². The number of methoxy groups -OCH3 is 1. The first-order valence-corrected chi connectivity index (χ1v) is 15.8. The first-order chi connectivity index (χ1) is 22.7. The van der Waals surface area contributed by atoms with Gasteiger partial charge in [0, 0.05) is 43.3 Å². The predicted molar refractivity (Wildman–Crippen MR) is 181 cm³/mol. The van der Waals surface area contributed by atoms with Crippen molar-refractivity contribution in [1.29, 1.82) is 0 Å². The van der Waals surface area contributed by atoms with E-state index in [2.05, 4.69) is 90.7 Å². The van der Waals surface area contributed by atoms with Gasteiger partial charge in [0.05, 0.1) is 33.0 Å². The third-order valence-corrected chi connectivity index (χ3v) is 8.10. The second-order valence-corrected chi connectivity index (χ2v) is 10.9. The van der Waals surface area contributed by atoms with Crippen molar-refractivity contribution in [2.75, 3.05) is 71.9 Å². The zero-order chi connectivity index (χ0) is 32.0. The van der Waals surface area contributed by atoms with Gasteiger partial charge in [0.15, 0.2) is 0 Å². The fourth-order valence-corrected chi connectivity index (χ4v) is 5.85. The Morgan fingerprint density at radius 3 is 1.74 bits per heavy atom. The lowest BCUT2D eigenvalue weighted by atomic mass is 9.76. The van der Waals surface area contributed by atoms with Crippen molar-refractivity contribution in [3.63, 3.8) is 0 Å². The number of aryl methyl sites for hydroxylation is 1. The molecule has 0 N–H and O–H groups in total. The van der Waals surface area contributed by atoms with Gasteiger partial charge in [-0.3, -0.25) is 0 Å². The van der Waals surface area contributed by atoms with E-state index >= 15 is 0 Å². The van der Waals surface area contributed by atoms with E-state index in [4.69, 9.17) is 34.8 Å². The molecule has 0 amide bonds. The molecule has 0 saturated heterocycles. The van der Waals surface area contributed by atoms with Crippen LogP contribution in [0.1, 0.15) is 28.7 Å². The van der Waals surface area contributed by atoms with E-state index in [0.29, 0.717) is 46.2 Å². The molecule has 0 fully saturated rings. The molecule has 1 heterocycles. The molecule has 0 radical (unpaired) electrons. The van der Waals surface area contributed by atoms with Crippen molar-refractivity contribution < 1.29 is 28.4 Å². The Morgan fingerprint density at radius 2 is 1.15 bits per heavy atom. The number of terminal acetylenes is 1. The van der Waals surface area contributed by atoms with E-state index < -0.39 is 5.60 Å². The van der Waals surface area contributed by atoms with Gasteiger partial charge in [-0.05, 0) is 60.4 Å². The molecule has 0 spiro atoms. The van der Waals surface area contributed by atoms with Gasteiger partial charge in [-0.2, -0.15) is 0 Å². The smallest absolute Gasteiger partial charge is 0.148 e. The molecule has 7 nitrogen and oxygen atoms in total. The number of ether oxygens (including phenoxy) is 6. The maximum atomic E-state index is 6.40. The van der Waals surface area contributed by atoms with Gasteiger partial charge in [0.1, 0.15) is 30.3 Å². The van der Waals surface area contributed by atoms with Crippen LogP contribution in [-0.4, -0.2) is 67.0 Å². The van der Waals surface area contributed by atoms with Gasteiger partial charge in [-0.1, -0.05) is 66.6 Å². The second kappa shape index (κ2) is 16.8. The van der Waals surface area contributed by atoms with Crippen molar-refractivity contribution in [1.82, 2.24) is 0 Å². The highest BCUT2D eigenvalue weighted by Gasteiger charge is 2.44. The number of benzene rings is 4. The van der Waals surface area contributed by atoms with E-state index in [-0.39, 0.29) is 6.61 Å². The van der Waals surface area contributed by atoms with Crippen LogP contribution < -0.4 is 14.4 Å². The molecule has 0 atom stereocenters. The van der Waals surface area contributed by atoms with E-state index in [0.717, 1.165) is 52.4 Å². The van der Waals surface area contributed by atoms with Gasteiger partial charge >= 0.3 is 0 Å². The maximum Gasteiger partial charge on any atom is 0.148 e. The minimum atomic E-state index is -0.724. The molecule has 4 aromatic carbocycles. The standard InChI is InChI=1S/C39H43NO6/c1-4-23-45-33-19-15-31(16-20-33)10-9-24-42-25-26-43-27-28-44-29-30-46-34-21-17-32(18-22-34)39(41-3)35-11-5-7-13-37(35)40(2)38-14-8-6-12-36(38)39/h1,5-8,11-22H,9-10,23-30H2,2-3H3. The largest absolute Gasteiger partial charge is 0.491 e. The highest BCUT2D eigenvalue weighted by Crippen LogP contribution is 2.52. The molecule has 5 rings (SSSR count). The highest BCUT2D eigenvalue weighted by molar-refractivity contribution is 5.79. The Bertz CT molecular complexity index is 1500. The molecule has 0 saturated carbocycles. The maximum absolute atomic E-state index is 6.40. The van der Waals surface area contributed by atoms with Crippen LogP contribution in [0.2, 0.25) is 0 Å². The Morgan fingerprint density at radius 1 is 0.630 bits per heavy atom. The summed E-state index contributed by atoms with van der Waals surface area (Å²) < 4.78 is 34.7. The van der Waals surface area contributed by atoms with E-state index in [1.165, 1.54) is 5.56 Å². The van der Waals surface area contributed by atoms with E-state index in [9.17, 15) is 0 Å². The molecule has 0 aliphatic carbocycles. The highest BCUT2D eigenvalue weighted by atomic mass is 16.6. The Kier molecular flexibility index (Phi) is 12.1. The number of rotatable bonds is 18. The van der Waals surface area contributed by atoms with Gasteiger partial charge < -0.3 is 33.3 Å². The van der Waals surface area contributed by atoms with Crippen LogP contribution in [0.25, 0.3) is 0 Å². The fraction of sp³-hybridized carbons (Fsp3) is 0.333. The molecular formula is C39H43NO6. The molecule has 0 bridgehead atoms. The van der Waals surface area contributed by atoms with Crippen LogP contribution in [0.3, 0.4) is 0 Å². The van der Waals surface area contributed by atoms with Crippen molar-refractivity contribution in [3.8, 4) is 23.8 Å². The lowest BCUT2D eigenvalue weighted by Crippen LogP contribution is -2.38. The normalized spacial score (nSPS) is 13.0. The Labute approximate surface area is 273 Å². The molecule has 240 valence electrons. The first kappa shape index (κ1) is 33.1. The average molecular weight is 622 g/mol. The summed E-state index contributed by atoms with van der Waals surface area (Å²) in [6, 6.07) is 33.0. The molecule has 46 heavy (non-hydrogen) atoms. The van der Waals surface area contributed by atoms with Crippen LogP contribution >= 0.6 is 0 Å². The molecule has 0 aromatic heterocycles. The van der Waals surface area contributed by atoms with Crippen LogP contribution in [0.15, 0.2) is 97.1 Å². The summed E-state index contributed by atoms with van der Waals surface area (Å²) in [7, 11) is 3.88. The monoisotopic (exact) mass is 621 g/mol. The van der Waals surface area contributed by atoms with E-state index in [1.54, 1.807) is 7.11 Å². The summed E-state index contributed by atoms with van der Waals surface area (Å²) in [6.07, 6.45) is 7.11. The molecule has 0 unspecified atom stereocenters. The van der Waals surface area contributed by atoms with Gasteiger partial charge in [-0.25, -0.2) is 0 Å². The summed E-state index contributed by atoms with van der Waals surface area (Å²) in [6.45, 7) is 4.04. The number of para-hydroxylation sites is 2. The molecular weight excluding hydrogens is 578 g/mol. The SMILES string of the molecule is C#CCOc1ccc(CCCOCCOCCOCCOc2ccc(C3(OC)c4ccccc4N(C)c4ccccc43)cc2)cc1. The summed E-state index contributed by atoms with van der Waals surface area (Å²) >= 11 is 0. The summed E-state index contributed by atoms with van der Waals surface area (Å²) in [4.78, 5) is 2.22. The second-order valence-electron chi connectivity index (χ2n) is 10.9. The van der Waals surface area contributed by atoms with Crippen molar-refractivity contribution in [3.05, 3.63) is 119 Å². The zero-order valence-electron chi connectivity index (χ0n) is 26.8. The molecule has 1 aliphatic heterocycles. The van der Waals surface area contributed by atoms with Crippen LogP contribution in [0, 0.1) is 12.3 Å². The number of hydrogen-bond acceptors (Lipinski definition) is 7. The summed E-state index contributed by atoms with van der Waals surface area (Å²) in [5, 5.41) is 0. The van der Waals surface area contributed by atoms with Crippen LogP contribution in [-0.2, 0) is 31.0 Å². The van der Waals surface area contributed by atoms with Gasteiger partial charge in [-0.15, -0.1) is 6.42 Å². The Balaban J connectivity index is 0.970. The van der Waals surface area contributed by atoms with Gasteiger partial charge in [0.2, 0.25) is 0 Å². The summed E-state index contributed by atoms with van der Waals surface area (Å²) in [5.41, 5.74) is 6.04. The number of anilines is 2. The topological polar surface area (TPSA) is 58.6 Å². The summed E-state index contributed by atoms with van der Waals surface area (Å²) in [5.74, 6) is 4.04. The predicted octanol–water partition coefficient (Wildman–Crippen LogP) is 6.78.